The van der Waals surface area contributed by atoms with Crippen molar-refractivity contribution >= 4 is 44.1 Å². The third-order valence-electron chi connectivity index (χ3n) is 5.81. The molecule has 0 aliphatic carbocycles. The van der Waals surface area contributed by atoms with E-state index in [9.17, 15) is 22.8 Å². The first-order chi connectivity index (χ1) is 17.7. The Balaban J connectivity index is 1.74. The maximum atomic E-state index is 13.9. The van der Waals surface area contributed by atoms with Gasteiger partial charge in [-0.05, 0) is 59.1 Å². The summed E-state index contributed by atoms with van der Waals surface area (Å²) in [5.74, 6) is -1.22. The van der Waals surface area contributed by atoms with Gasteiger partial charge in [0.15, 0.2) is 0 Å². The molecule has 2 heterocycles. The van der Waals surface area contributed by atoms with Crippen LogP contribution >= 0.6 is 11.3 Å². The molecule has 0 saturated carbocycles. The van der Waals surface area contributed by atoms with Gasteiger partial charge < -0.3 is 14.6 Å². The lowest BCUT2D eigenvalue weighted by Gasteiger charge is -2.28. The molecule has 9 nitrogen and oxygen atoms in total. The Hall–Kier alpha value is -3.80. The molecule has 37 heavy (non-hydrogen) atoms. The Morgan fingerprint density at radius 2 is 1.86 bits per heavy atom. The standard InChI is InChI=1S/C26H25N3O6S2/c1-17-6-3-4-8-21(17)25(26(32)29(16-24(31)35-2)15-19-7-5-13-36-19)28-37(33,34)20-10-11-22-18(14-20)9-12-23(30)27-22/h3-14,25,28H,15-16H2,1-2H3,(H,27,30)/t25-/m0/s1. The molecule has 192 valence electrons. The highest BCUT2D eigenvalue weighted by Crippen LogP contribution is 2.25. The summed E-state index contributed by atoms with van der Waals surface area (Å²) in [5.41, 5.74) is 1.34. The fraction of sp³-hybridized carbons (Fsp3) is 0.192. The number of nitrogens with zero attached hydrogens (tertiary/aromatic N) is 1. The van der Waals surface area contributed by atoms with Gasteiger partial charge in [-0.2, -0.15) is 4.72 Å². The minimum absolute atomic E-state index is 0.0730. The molecule has 0 spiro atoms. The van der Waals surface area contributed by atoms with E-state index in [4.69, 9.17) is 4.74 Å². The first-order valence-corrected chi connectivity index (χ1v) is 13.6. The van der Waals surface area contributed by atoms with E-state index in [0.29, 0.717) is 22.0 Å². The molecular formula is C26H25N3O6S2. The monoisotopic (exact) mass is 539 g/mol. The summed E-state index contributed by atoms with van der Waals surface area (Å²) in [5, 5.41) is 2.37. The van der Waals surface area contributed by atoms with E-state index in [2.05, 4.69) is 9.71 Å². The zero-order valence-electron chi connectivity index (χ0n) is 20.1. The summed E-state index contributed by atoms with van der Waals surface area (Å²) >= 11 is 1.42. The normalized spacial score (nSPS) is 12.3. The molecular weight excluding hydrogens is 514 g/mol. The Morgan fingerprint density at radius 3 is 2.57 bits per heavy atom. The number of H-pyrrole nitrogens is 1. The quantitative estimate of drug-likeness (QED) is 0.315. The minimum atomic E-state index is -4.20. The van der Waals surface area contributed by atoms with Gasteiger partial charge in [-0.1, -0.05) is 30.3 Å². The van der Waals surface area contributed by atoms with Crippen LogP contribution in [0.5, 0.6) is 0 Å². The molecule has 4 aromatic rings. The number of nitrogens with one attached hydrogen (secondary N) is 2. The van der Waals surface area contributed by atoms with Gasteiger partial charge in [-0.25, -0.2) is 8.42 Å². The average molecular weight is 540 g/mol. The van der Waals surface area contributed by atoms with Crippen molar-refractivity contribution < 1.29 is 22.7 Å². The minimum Gasteiger partial charge on any atom is -0.468 e. The van der Waals surface area contributed by atoms with Crippen LogP contribution < -0.4 is 10.3 Å². The molecule has 2 aromatic heterocycles. The number of hydrogen-bond donors (Lipinski definition) is 2. The van der Waals surface area contributed by atoms with Crippen molar-refractivity contribution in [2.24, 2.45) is 0 Å². The molecule has 0 radical (unpaired) electrons. The number of carbonyl (C=O) groups is 2. The fourth-order valence-corrected chi connectivity index (χ4v) is 5.81. The Bertz CT molecular complexity index is 1600. The van der Waals surface area contributed by atoms with Gasteiger partial charge in [-0.15, -0.1) is 11.3 Å². The summed E-state index contributed by atoms with van der Waals surface area (Å²) in [6.45, 7) is 1.54. The van der Waals surface area contributed by atoms with Crippen LogP contribution in [0.15, 0.2) is 81.8 Å². The van der Waals surface area contributed by atoms with Crippen molar-refractivity contribution in [2.45, 2.75) is 24.4 Å². The zero-order chi connectivity index (χ0) is 26.6. The lowest BCUT2D eigenvalue weighted by molar-refractivity contribution is -0.148. The number of amides is 1. The second kappa shape index (κ2) is 11.1. The van der Waals surface area contributed by atoms with E-state index in [0.717, 1.165) is 4.88 Å². The lowest BCUT2D eigenvalue weighted by Crippen LogP contribution is -2.44. The smallest absolute Gasteiger partial charge is 0.325 e. The highest BCUT2D eigenvalue weighted by molar-refractivity contribution is 7.89. The number of sulfonamides is 1. The van der Waals surface area contributed by atoms with Crippen LogP contribution in [0.3, 0.4) is 0 Å². The molecule has 0 saturated heterocycles. The molecule has 4 rings (SSSR count). The van der Waals surface area contributed by atoms with Gasteiger partial charge in [0.05, 0.1) is 18.6 Å². The predicted octanol–water partition coefficient (Wildman–Crippen LogP) is 3.12. The third kappa shape index (κ3) is 6.13. The SMILES string of the molecule is COC(=O)CN(Cc1cccs1)C(=O)[C@@H](NS(=O)(=O)c1ccc2[nH]c(=O)ccc2c1)c1ccccc1C. The molecule has 0 aliphatic rings. The molecule has 0 fully saturated rings. The number of rotatable bonds is 9. The van der Waals surface area contributed by atoms with E-state index < -0.39 is 27.9 Å². The van der Waals surface area contributed by atoms with E-state index in [-0.39, 0.29) is 23.5 Å². The Kier molecular flexibility index (Phi) is 7.86. The topological polar surface area (TPSA) is 126 Å². The maximum Gasteiger partial charge on any atom is 0.325 e. The van der Waals surface area contributed by atoms with Gasteiger partial charge >= 0.3 is 5.97 Å². The largest absolute Gasteiger partial charge is 0.468 e. The van der Waals surface area contributed by atoms with Crippen molar-refractivity contribution in [3.05, 3.63) is 98.5 Å². The van der Waals surface area contributed by atoms with Crippen LogP contribution in [0, 0.1) is 6.92 Å². The molecule has 0 unspecified atom stereocenters. The van der Waals surface area contributed by atoms with Crippen LogP contribution in [0.4, 0.5) is 0 Å². The number of fused-ring (bicyclic) bond motifs is 1. The van der Waals surface area contributed by atoms with E-state index >= 15 is 0 Å². The lowest BCUT2D eigenvalue weighted by atomic mass is 10.0. The van der Waals surface area contributed by atoms with Crippen molar-refractivity contribution in [1.29, 1.82) is 0 Å². The predicted molar refractivity (Wildman–Crippen MR) is 141 cm³/mol. The first kappa shape index (κ1) is 26.3. The van der Waals surface area contributed by atoms with Gasteiger partial charge in [-0.3, -0.25) is 14.4 Å². The van der Waals surface area contributed by atoms with Crippen molar-refractivity contribution in [3.63, 3.8) is 0 Å². The van der Waals surface area contributed by atoms with E-state index in [1.165, 1.54) is 53.7 Å². The molecule has 2 aromatic carbocycles. The Labute approximate surface area is 217 Å². The van der Waals surface area contributed by atoms with Crippen molar-refractivity contribution in [2.75, 3.05) is 13.7 Å². The number of benzene rings is 2. The van der Waals surface area contributed by atoms with Crippen molar-refractivity contribution in [3.8, 4) is 0 Å². The molecule has 0 aliphatic heterocycles. The van der Waals surface area contributed by atoms with E-state index in [1.807, 2.05) is 17.5 Å². The molecule has 1 atom stereocenters. The molecule has 0 bridgehead atoms. The van der Waals surface area contributed by atoms with Gasteiger partial charge in [0, 0.05) is 16.5 Å². The number of esters is 1. The Morgan fingerprint density at radius 1 is 1.08 bits per heavy atom. The highest BCUT2D eigenvalue weighted by Gasteiger charge is 2.33. The van der Waals surface area contributed by atoms with Gasteiger partial charge in [0.25, 0.3) is 0 Å². The van der Waals surface area contributed by atoms with Crippen molar-refractivity contribution in [1.82, 2.24) is 14.6 Å². The van der Waals surface area contributed by atoms with Crippen LogP contribution in [-0.2, 0) is 30.9 Å². The van der Waals surface area contributed by atoms with Crippen LogP contribution in [0.25, 0.3) is 10.9 Å². The highest BCUT2D eigenvalue weighted by atomic mass is 32.2. The third-order valence-corrected chi connectivity index (χ3v) is 8.09. The average Bonchev–Trinajstić information content (AvgIpc) is 3.39. The fourth-order valence-electron chi connectivity index (χ4n) is 3.89. The van der Waals surface area contributed by atoms with E-state index in [1.54, 1.807) is 31.2 Å². The van der Waals surface area contributed by atoms with Crippen LogP contribution in [0.1, 0.15) is 22.0 Å². The molecule has 2 N–H and O–H groups in total. The second-order valence-corrected chi connectivity index (χ2v) is 11.1. The van der Waals surface area contributed by atoms with Crippen LogP contribution in [-0.4, -0.2) is 43.8 Å². The summed E-state index contributed by atoms with van der Waals surface area (Å²) in [6.07, 6.45) is 0. The summed E-state index contributed by atoms with van der Waals surface area (Å²) in [4.78, 5) is 42.3. The molecule has 11 heteroatoms. The number of hydrogen-bond acceptors (Lipinski definition) is 7. The second-order valence-electron chi connectivity index (χ2n) is 8.33. The summed E-state index contributed by atoms with van der Waals surface area (Å²) < 4.78 is 34.4. The molecule has 1 amide bonds. The number of aryl methyl sites for hydroxylation is 1. The first-order valence-electron chi connectivity index (χ1n) is 11.3. The number of aromatic amines is 1. The van der Waals surface area contributed by atoms with Gasteiger partial charge in [0.2, 0.25) is 21.5 Å². The number of ether oxygens (including phenoxy) is 1. The number of pyridine rings is 1. The van der Waals surface area contributed by atoms with Gasteiger partial charge in [0.1, 0.15) is 12.6 Å². The summed E-state index contributed by atoms with van der Waals surface area (Å²) in [6, 6.07) is 16.4. The zero-order valence-corrected chi connectivity index (χ0v) is 21.8. The maximum absolute atomic E-state index is 13.9. The number of aromatic nitrogens is 1. The number of thiophene rings is 1. The summed E-state index contributed by atoms with van der Waals surface area (Å²) in [7, 11) is -2.98. The van der Waals surface area contributed by atoms with Crippen LogP contribution in [0.2, 0.25) is 0 Å². The number of carbonyl (C=O) groups excluding carboxylic acids is 2. The number of methoxy groups -OCH3 is 1.